The smallest absolute Gasteiger partial charge is 0.101 e. The highest BCUT2D eigenvalue weighted by Crippen LogP contribution is 2.27. The zero-order valence-corrected chi connectivity index (χ0v) is 11.8. The summed E-state index contributed by atoms with van der Waals surface area (Å²) >= 11 is 0. The first-order chi connectivity index (χ1) is 8.21. The minimum atomic E-state index is 0.439. The number of unbranched alkanes of at least 4 members (excludes halogenated alkanes) is 1. The molecule has 0 spiro atoms. The summed E-state index contributed by atoms with van der Waals surface area (Å²) < 4.78 is 5.40. The molecular weight excluding hydrogens is 210 g/mol. The summed E-state index contributed by atoms with van der Waals surface area (Å²) in [4.78, 5) is 0. The van der Waals surface area contributed by atoms with E-state index < -0.39 is 0 Å². The fourth-order valence-electron chi connectivity index (χ4n) is 2.38. The van der Waals surface area contributed by atoms with Crippen molar-refractivity contribution in [3.05, 3.63) is 23.7 Å². The average Bonchev–Trinajstić information content (AvgIpc) is 2.76. The summed E-state index contributed by atoms with van der Waals surface area (Å²) in [6, 6.07) is 2.59. The second-order valence-electron chi connectivity index (χ2n) is 4.98. The molecule has 2 heteroatoms. The molecule has 0 fully saturated rings. The van der Waals surface area contributed by atoms with E-state index >= 15 is 0 Å². The van der Waals surface area contributed by atoms with Crippen LogP contribution in [0.3, 0.4) is 0 Å². The number of hydrogen-bond donors (Lipinski definition) is 1. The van der Waals surface area contributed by atoms with Crippen molar-refractivity contribution in [2.75, 3.05) is 7.05 Å². The molecule has 0 saturated carbocycles. The third-order valence-corrected chi connectivity index (χ3v) is 3.61. The van der Waals surface area contributed by atoms with Crippen LogP contribution < -0.4 is 5.32 Å². The molecule has 2 unspecified atom stereocenters. The summed E-state index contributed by atoms with van der Waals surface area (Å²) in [5.74, 6) is 1.82. The third kappa shape index (κ3) is 4.55. The third-order valence-electron chi connectivity index (χ3n) is 3.61. The lowest BCUT2D eigenvalue weighted by Gasteiger charge is -2.21. The Morgan fingerprint density at radius 3 is 2.59 bits per heavy atom. The van der Waals surface area contributed by atoms with Crippen molar-refractivity contribution in [3.8, 4) is 0 Å². The standard InChI is InChI=1S/C15H27NO/c1-5-7-8-13(6-2)10-15(16-4)14-9-12(3)17-11-14/h9,11,13,15-16H,5-8,10H2,1-4H3. The predicted octanol–water partition coefficient (Wildman–Crippen LogP) is 4.46. The number of furan rings is 1. The Hall–Kier alpha value is -0.760. The molecule has 2 atom stereocenters. The molecule has 98 valence electrons. The summed E-state index contributed by atoms with van der Waals surface area (Å²) in [6.07, 6.45) is 8.37. The van der Waals surface area contributed by atoms with Crippen LogP contribution in [-0.2, 0) is 0 Å². The normalized spacial score (nSPS) is 14.8. The van der Waals surface area contributed by atoms with Gasteiger partial charge in [0.2, 0.25) is 0 Å². The molecule has 0 amide bonds. The van der Waals surface area contributed by atoms with Crippen LogP contribution in [0.1, 0.15) is 63.3 Å². The molecule has 17 heavy (non-hydrogen) atoms. The van der Waals surface area contributed by atoms with Crippen molar-refractivity contribution in [1.29, 1.82) is 0 Å². The molecule has 1 aromatic heterocycles. The van der Waals surface area contributed by atoms with E-state index in [1.54, 1.807) is 0 Å². The van der Waals surface area contributed by atoms with Crippen LogP contribution in [0.2, 0.25) is 0 Å². The first-order valence-electron chi connectivity index (χ1n) is 6.93. The van der Waals surface area contributed by atoms with Gasteiger partial charge in [-0.1, -0.05) is 39.5 Å². The minimum absolute atomic E-state index is 0.439. The van der Waals surface area contributed by atoms with Gasteiger partial charge >= 0.3 is 0 Å². The van der Waals surface area contributed by atoms with Crippen LogP contribution in [0.5, 0.6) is 0 Å². The van der Waals surface area contributed by atoms with Gasteiger partial charge in [-0.2, -0.15) is 0 Å². The maximum atomic E-state index is 5.40. The molecule has 0 bridgehead atoms. The zero-order chi connectivity index (χ0) is 12.7. The van der Waals surface area contributed by atoms with Gasteiger partial charge in [-0.25, -0.2) is 0 Å². The van der Waals surface area contributed by atoms with Gasteiger partial charge < -0.3 is 9.73 Å². The van der Waals surface area contributed by atoms with Gasteiger partial charge in [-0.15, -0.1) is 0 Å². The Balaban J connectivity index is 2.55. The summed E-state index contributed by atoms with van der Waals surface area (Å²) in [5, 5.41) is 3.41. The number of nitrogens with one attached hydrogen (secondary N) is 1. The molecule has 1 aromatic rings. The van der Waals surface area contributed by atoms with Crippen LogP contribution >= 0.6 is 0 Å². The van der Waals surface area contributed by atoms with E-state index in [-0.39, 0.29) is 0 Å². The van der Waals surface area contributed by atoms with Crippen LogP contribution in [0.4, 0.5) is 0 Å². The van der Waals surface area contributed by atoms with Gasteiger partial charge in [0.1, 0.15) is 5.76 Å². The van der Waals surface area contributed by atoms with Gasteiger partial charge in [0, 0.05) is 11.6 Å². The lowest BCUT2D eigenvalue weighted by atomic mass is 9.90. The molecular formula is C15H27NO. The molecule has 0 aliphatic carbocycles. The maximum Gasteiger partial charge on any atom is 0.101 e. The van der Waals surface area contributed by atoms with Gasteiger partial charge in [-0.3, -0.25) is 0 Å². The maximum absolute atomic E-state index is 5.40. The van der Waals surface area contributed by atoms with Crippen molar-refractivity contribution in [3.63, 3.8) is 0 Å². The van der Waals surface area contributed by atoms with E-state index in [1.165, 1.54) is 37.7 Å². The van der Waals surface area contributed by atoms with Crippen molar-refractivity contribution in [1.82, 2.24) is 5.32 Å². The second kappa shape index (κ2) is 7.54. The predicted molar refractivity (Wildman–Crippen MR) is 73.2 cm³/mol. The van der Waals surface area contributed by atoms with Crippen LogP contribution in [0, 0.1) is 12.8 Å². The molecule has 0 aromatic carbocycles. The largest absolute Gasteiger partial charge is 0.469 e. The van der Waals surface area contributed by atoms with Gasteiger partial charge in [-0.05, 0) is 32.4 Å². The fraction of sp³-hybridized carbons (Fsp3) is 0.733. The van der Waals surface area contributed by atoms with E-state index in [0.29, 0.717) is 6.04 Å². The summed E-state index contributed by atoms with van der Waals surface area (Å²) in [7, 11) is 2.04. The lowest BCUT2D eigenvalue weighted by molar-refractivity contribution is 0.363. The SMILES string of the molecule is CCCCC(CC)CC(NC)c1coc(C)c1. The molecule has 1 rings (SSSR count). The molecule has 0 saturated heterocycles. The second-order valence-corrected chi connectivity index (χ2v) is 4.98. The lowest BCUT2D eigenvalue weighted by Crippen LogP contribution is -2.19. The monoisotopic (exact) mass is 237 g/mol. The van der Waals surface area contributed by atoms with Crippen molar-refractivity contribution in [2.45, 2.75) is 58.9 Å². The average molecular weight is 237 g/mol. The van der Waals surface area contributed by atoms with Crippen LogP contribution in [-0.4, -0.2) is 7.05 Å². The van der Waals surface area contributed by atoms with Gasteiger partial charge in [0.15, 0.2) is 0 Å². The quantitative estimate of drug-likeness (QED) is 0.722. The van der Waals surface area contributed by atoms with E-state index in [0.717, 1.165) is 11.7 Å². The first-order valence-corrected chi connectivity index (χ1v) is 6.93. The van der Waals surface area contributed by atoms with E-state index in [1.807, 2.05) is 20.2 Å². The van der Waals surface area contributed by atoms with Crippen molar-refractivity contribution < 1.29 is 4.42 Å². The Kier molecular flexibility index (Phi) is 6.35. The highest BCUT2D eigenvalue weighted by Gasteiger charge is 2.16. The van der Waals surface area contributed by atoms with E-state index in [9.17, 15) is 0 Å². The Morgan fingerprint density at radius 1 is 1.35 bits per heavy atom. The topological polar surface area (TPSA) is 25.2 Å². The van der Waals surface area contributed by atoms with Crippen LogP contribution in [0.25, 0.3) is 0 Å². The van der Waals surface area contributed by atoms with Crippen molar-refractivity contribution >= 4 is 0 Å². The van der Waals surface area contributed by atoms with Crippen molar-refractivity contribution in [2.24, 2.45) is 5.92 Å². The minimum Gasteiger partial charge on any atom is -0.469 e. The zero-order valence-electron chi connectivity index (χ0n) is 11.8. The number of hydrogen-bond acceptors (Lipinski definition) is 2. The van der Waals surface area contributed by atoms with Crippen LogP contribution in [0.15, 0.2) is 16.7 Å². The Morgan fingerprint density at radius 2 is 2.12 bits per heavy atom. The van der Waals surface area contributed by atoms with Gasteiger partial charge in [0.25, 0.3) is 0 Å². The molecule has 0 aliphatic rings. The highest BCUT2D eigenvalue weighted by atomic mass is 16.3. The van der Waals surface area contributed by atoms with Gasteiger partial charge in [0.05, 0.1) is 6.26 Å². The molecule has 0 aliphatic heterocycles. The number of rotatable bonds is 8. The Labute approximate surface area is 106 Å². The Bertz CT molecular complexity index is 306. The fourth-order valence-corrected chi connectivity index (χ4v) is 2.38. The molecule has 1 heterocycles. The first kappa shape index (κ1) is 14.3. The summed E-state index contributed by atoms with van der Waals surface area (Å²) in [6.45, 7) is 6.57. The molecule has 1 N–H and O–H groups in total. The number of aryl methyl sites for hydroxylation is 1. The van der Waals surface area contributed by atoms with E-state index in [4.69, 9.17) is 4.42 Å². The highest BCUT2D eigenvalue weighted by molar-refractivity contribution is 5.16. The van der Waals surface area contributed by atoms with E-state index in [2.05, 4.69) is 25.2 Å². The molecule has 2 nitrogen and oxygen atoms in total. The summed E-state index contributed by atoms with van der Waals surface area (Å²) in [5.41, 5.74) is 1.29. The molecule has 0 radical (unpaired) electrons.